The molecule has 66 valence electrons. The predicted molar refractivity (Wildman–Crippen MR) is 55.0 cm³/mol. The Kier molecular flexibility index (Phi) is 6.77. The molecule has 0 bridgehead atoms. The molecule has 0 aromatic rings. The van der Waals surface area contributed by atoms with Crippen LogP contribution in [0.4, 0.5) is 0 Å². The molecule has 0 amide bonds. The van der Waals surface area contributed by atoms with Crippen LogP contribution < -0.4 is 5.73 Å². The van der Waals surface area contributed by atoms with Gasteiger partial charge in [0.2, 0.25) is 0 Å². The third-order valence-electron chi connectivity index (χ3n) is 1.63. The summed E-state index contributed by atoms with van der Waals surface area (Å²) in [6.45, 7) is 5.90. The van der Waals surface area contributed by atoms with Gasteiger partial charge in [-0.05, 0) is 38.2 Å². The molecular formula is C9H19NS. The van der Waals surface area contributed by atoms with Crippen molar-refractivity contribution < 1.29 is 0 Å². The van der Waals surface area contributed by atoms with Crippen molar-refractivity contribution in [3.63, 3.8) is 0 Å². The van der Waals surface area contributed by atoms with Crippen molar-refractivity contribution in [1.29, 1.82) is 0 Å². The molecule has 1 unspecified atom stereocenters. The molecule has 0 aliphatic heterocycles. The number of hydrogen-bond acceptors (Lipinski definition) is 2. The number of allylic oxidation sites excluding steroid dienone is 1. The van der Waals surface area contributed by atoms with Crippen molar-refractivity contribution in [3.05, 3.63) is 12.2 Å². The van der Waals surface area contributed by atoms with E-state index in [1.807, 2.05) is 11.8 Å². The Morgan fingerprint density at radius 2 is 2.18 bits per heavy atom. The van der Waals surface area contributed by atoms with Crippen molar-refractivity contribution in [1.82, 2.24) is 0 Å². The van der Waals surface area contributed by atoms with Crippen LogP contribution in [0, 0.1) is 0 Å². The van der Waals surface area contributed by atoms with Crippen LogP contribution in [0.15, 0.2) is 12.2 Å². The summed E-state index contributed by atoms with van der Waals surface area (Å²) in [6, 6.07) is 0.374. The van der Waals surface area contributed by atoms with Crippen LogP contribution in [0.5, 0.6) is 0 Å². The Labute approximate surface area is 74.4 Å². The Morgan fingerprint density at radius 3 is 2.64 bits per heavy atom. The minimum Gasteiger partial charge on any atom is -0.328 e. The lowest BCUT2D eigenvalue weighted by Crippen LogP contribution is -2.20. The van der Waals surface area contributed by atoms with Crippen molar-refractivity contribution in [3.8, 4) is 0 Å². The summed E-state index contributed by atoms with van der Waals surface area (Å²) < 4.78 is 0. The smallest absolute Gasteiger partial charge is 0.00497 e. The maximum absolute atomic E-state index is 5.85. The fourth-order valence-electron chi connectivity index (χ4n) is 0.845. The fraction of sp³-hybridized carbons (Fsp3) is 0.778. The average molecular weight is 173 g/mol. The van der Waals surface area contributed by atoms with Gasteiger partial charge >= 0.3 is 0 Å². The van der Waals surface area contributed by atoms with Crippen LogP contribution in [0.1, 0.15) is 26.2 Å². The number of thioether (sulfide) groups is 1. The second-order valence-electron chi connectivity index (χ2n) is 3.04. The van der Waals surface area contributed by atoms with Crippen molar-refractivity contribution in [2.45, 2.75) is 32.2 Å². The number of rotatable bonds is 6. The van der Waals surface area contributed by atoms with Crippen LogP contribution in [0.3, 0.4) is 0 Å². The molecule has 0 aliphatic rings. The van der Waals surface area contributed by atoms with Crippen molar-refractivity contribution in [2.24, 2.45) is 5.73 Å². The Balaban J connectivity index is 3.22. The van der Waals surface area contributed by atoms with Crippen LogP contribution in [-0.4, -0.2) is 18.1 Å². The van der Waals surface area contributed by atoms with Gasteiger partial charge in [0, 0.05) is 6.04 Å². The van der Waals surface area contributed by atoms with Gasteiger partial charge in [0.15, 0.2) is 0 Å². The van der Waals surface area contributed by atoms with Gasteiger partial charge in [0.1, 0.15) is 0 Å². The standard InChI is InChI=1S/C9H19NS/c1-8(2)4-5-9(10)6-7-11-3/h9H,1,4-7,10H2,2-3H3. The van der Waals surface area contributed by atoms with E-state index in [2.05, 4.69) is 19.8 Å². The lowest BCUT2D eigenvalue weighted by Gasteiger charge is -2.09. The molecule has 11 heavy (non-hydrogen) atoms. The summed E-state index contributed by atoms with van der Waals surface area (Å²) >= 11 is 1.86. The van der Waals surface area contributed by atoms with E-state index in [9.17, 15) is 0 Å². The second kappa shape index (κ2) is 6.74. The maximum atomic E-state index is 5.85. The van der Waals surface area contributed by atoms with Crippen molar-refractivity contribution in [2.75, 3.05) is 12.0 Å². The topological polar surface area (TPSA) is 26.0 Å². The molecule has 2 N–H and O–H groups in total. The van der Waals surface area contributed by atoms with Crippen LogP contribution in [0.25, 0.3) is 0 Å². The molecular weight excluding hydrogens is 154 g/mol. The van der Waals surface area contributed by atoms with Gasteiger partial charge in [0.05, 0.1) is 0 Å². The first kappa shape index (κ1) is 11.1. The summed E-state index contributed by atoms with van der Waals surface area (Å²) in [6.07, 6.45) is 5.42. The van der Waals surface area contributed by atoms with Gasteiger partial charge in [-0.15, -0.1) is 6.58 Å². The zero-order valence-corrected chi connectivity index (χ0v) is 8.41. The summed E-state index contributed by atoms with van der Waals surface area (Å²) in [4.78, 5) is 0. The summed E-state index contributed by atoms with van der Waals surface area (Å²) in [5.41, 5.74) is 7.09. The molecule has 0 radical (unpaired) electrons. The van der Waals surface area contributed by atoms with Crippen LogP contribution in [-0.2, 0) is 0 Å². The molecule has 0 saturated heterocycles. The van der Waals surface area contributed by atoms with Gasteiger partial charge in [-0.1, -0.05) is 5.57 Å². The van der Waals surface area contributed by atoms with E-state index in [0.29, 0.717) is 6.04 Å². The van der Waals surface area contributed by atoms with Crippen LogP contribution >= 0.6 is 11.8 Å². The Morgan fingerprint density at radius 1 is 1.55 bits per heavy atom. The number of hydrogen-bond donors (Lipinski definition) is 1. The van der Waals surface area contributed by atoms with E-state index in [1.54, 1.807) is 0 Å². The van der Waals surface area contributed by atoms with Gasteiger partial charge in [-0.25, -0.2) is 0 Å². The second-order valence-corrected chi connectivity index (χ2v) is 4.02. The highest BCUT2D eigenvalue weighted by Crippen LogP contribution is 2.07. The average Bonchev–Trinajstić information content (AvgIpc) is 1.97. The summed E-state index contributed by atoms with van der Waals surface area (Å²) in [7, 11) is 0. The first-order chi connectivity index (χ1) is 5.16. The quantitative estimate of drug-likeness (QED) is 0.624. The minimum absolute atomic E-state index is 0.374. The SMILES string of the molecule is C=C(C)CCC(N)CCSC. The summed E-state index contributed by atoms with van der Waals surface area (Å²) in [5, 5.41) is 0. The third-order valence-corrected chi connectivity index (χ3v) is 2.28. The molecule has 0 saturated carbocycles. The van der Waals surface area contributed by atoms with Gasteiger partial charge < -0.3 is 5.73 Å². The molecule has 2 heteroatoms. The molecule has 0 spiro atoms. The van der Waals surface area contributed by atoms with Gasteiger partial charge in [-0.3, -0.25) is 0 Å². The zero-order valence-electron chi connectivity index (χ0n) is 7.60. The van der Waals surface area contributed by atoms with E-state index in [4.69, 9.17) is 5.73 Å². The highest BCUT2D eigenvalue weighted by Gasteiger charge is 2.00. The molecule has 0 aromatic carbocycles. The van der Waals surface area contributed by atoms with E-state index >= 15 is 0 Å². The first-order valence-electron chi connectivity index (χ1n) is 4.05. The highest BCUT2D eigenvalue weighted by atomic mass is 32.2. The van der Waals surface area contributed by atoms with Crippen molar-refractivity contribution >= 4 is 11.8 Å². The largest absolute Gasteiger partial charge is 0.328 e. The molecule has 0 rings (SSSR count). The zero-order chi connectivity index (χ0) is 8.69. The monoisotopic (exact) mass is 173 g/mol. The Bertz CT molecular complexity index is 112. The van der Waals surface area contributed by atoms with E-state index < -0.39 is 0 Å². The Hall–Kier alpha value is 0.0500. The molecule has 0 aromatic heterocycles. The molecule has 1 nitrogen and oxygen atoms in total. The van der Waals surface area contributed by atoms with Gasteiger partial charge in [-0.2, -0.15) is 11.8 Å². The van der Waals surface area contributed by atoms with E-state index in [-0.39, 0.29) is 0 Å². The predicted octanol–water partition coefficient (Wildman–Crippen LogP) is 2.42. The summed E-state index contributed by atoms with van der Waals surface area (Å²) in [5.74, 6) is 1.18. The van der Waals surface area contributed by atoms with E-state index in [1.165, 1.54) is 11.3 Å². The minimum atomic E-state index is 0.374. The molecule has 0 fully saturated rings. The number of nitrogens with two attached hydrogens (primary N) is 1. The lowest BCUT2D eigenvalue weighted by atomic mass is 10.1. The molecule has 1 atom stereocenters. The third kappa shape index (κ3) is 7.95. The normalized spacial score (nSPS) is 13.0. The van der Waals surface area contributed by atoms with E-state index in [0.717, 1.165) is 19.3 Å². The lowest BCUT2D eigenvalue weighted by molar-refractivity contribution is 0.599. The molecule has 0 heterocycles. The fourth-order valence-corrected chi connectivity index (χ4v) is 1.38. The first-order valence-corrected chi connectivity index (χ1v) is 5.45. The van der Waals surface area contributed by atoms with Gasteiger partial charge in [0.25, 0.3) is 0 Å². The molecule has 0 aliphatic carbocycles. The van der Waals surface area contributed by atoms with Crippen LogP contribution in [0.2, 0.25) is 0 Å². The highest BCUT2D eigenvalue weighted by molar-refractivity contribution is 7.98. The maximum Gasteiger partial charge on any atom is 0.00497 e.